The van der Waals surface area contributed by atoms with Gasteiger partial charge in [0, 0.05) is 18.2 Å². The maximum Gasteiger partial charge on any atom is 0.296 e. The molecule has 0 amide bonds. The van der Waals surface area contributed by atoms with Gasteiger partial charge in [0.2, 0.25) is 5.82 Å². The number of aromatic amines is 1. The van der Waals surface area contributed by atoms with Crippen LogP contribution in [0.2, 0.25) is 0 Å². The first-order chi connectivity index (χ1) is 9.15. The Morgan fingerprint density at radius 3 is 2.95 bits per heavy atom. The molecule has 2 heterocycles. The molecule has 1 N–H and O–H groups in total. The molecule has 1 aromatic rings. The van der Waals surface area contributed by atoms with Crippen LogP contribution in [0, 0.1) is 6.92 Å². The zero-order valence-corrected chi connectivity index (χ0v) is 12.3. The van der Waals surface area contributed by atoms with Crippen molar-refractivity contribution in [2.24, 2.45) is 0 Å². The SMILES string of the molecule is CC(=O)CCSc1nc(C)cc(N2CCOCC2)[nH+]1. The molecule has 0 unspecified atom stereocenters. The first-order valence-corrected chi connectivity index (χ1v) is 7.49. The van der Waals surface area contributed by atoms with E-state index in [1.165, 1.54) is 0 Å². The lowest BCUT2D eigenvalue weighted by atomic mass is 10.3. The highest BCUT2D eigenvalue weighted by Gasteiger charge is 2.19. The van der Waals surface area contributed by atoms with Crippen molar-refractivity contribution in [2.75, 3.05) is 37.0 Å². The Labute approximate surface area is 117 Å². The number of aryl methyl sites for hydroxylation is 1. The Kier molecular flexibility index (Phi) is 5.15. The lowest BCUT2D eigenvalue weighted by Gasteiger charge is -2.23. The second-order valence-electron chi connectivity index (χ2n) is 4.61. The van der Waals surface area contributed by atoms with Gasteiger partial charge in [-0.25, -0.2) is 4.98 Å². The number of ether oxygens (including phenoxy) is 1. The number of rotatable bonds is 5. The molecule has 0 aliphatic carbocycles. The topological polar surface area (TPSA) is 56.6 Å². The van der Waals surface area contributed by atoms with Gasteiger partial charge in [-0.1, -0.05) is 11.8 Å². The van der Waals surface area contributed by atoms with Gasteiger partial charge in [0.1, 0.15) is 11.5 Å². The van der Waals surface area contributed by atoms with Crippen molar-refractivity contribution in [1.29, 1.82) is 0 Å². The third-order valence-electron chi connectivity index (χ3n) is 2.90. The van der Waals surface area contributed by atoms with Gasteiger partial charge in [0.15, 0.2) is 0 Å². The van der Waals surface area contributed by atoms with Crippen LogP contribution in [-0.2, 0) is 9.53 Å². The minimum atomic E-state index is 0.216. The first kappa shape index (κ1) is 14.3. The molecular weight excluding hydrogens is 262 g/mol. The molecule has 1 saturated heterocycles. The molecule has 104 valence electrons. The zero-order chi connectivity index (χ0) is 13.7. The number of nitrogens with one attached hydrogen (secondary N) is 1. The third-order valence-corrected chi connectivity index (χ3v) is 3.78. The highest BCUT2D eigenvalue weighted by molar-refractivity contribution is 7.99. The summed E-state index contributed by atoms with van der Waals surface area (Å²) < 4.78 is 5.36. The minimum Gasteiger partial charge on any atom is -0.375 e. The Morgan fingerprint density at radius 2 is 2.26 bits per heavy atom. The molecule has 0 spiro atoms. The van der Waals surface area contributed by atoms with E-state index in [9.17, 15) is 4.79 Å². The van der Waals surface area contributed by atoms with Crippen LogP contribution in [0.3, 0.4) is 0 Å². The fourth-order valence-electron chi connectivity index (χ4n) is 1.90. The molecule has 0 saturated carbocycles. The smallest absolute Gasteiger partial charge is 0.296 e. The Balaban J connectivity index is 2.03. The van der Waals surface area contributed by atoms with Crippen LogP contribution in [0.5, 0.6) is 0 Å². The van der Waals surface area contributed by atoms with Crippen LogP contribution in [0.4, 0.5) is 5.82 Å². The maximum atomic E-state index is 10.9. The molecule has 0 aromatic carbocycles. The van der Waals surface area contributed by atoms with Gasteiger partial charge in [-0.05, 0) is 13.8 Å². The number of morpholine rings is 1. The van der Waals surface area contributed by atoms with Crippen LogP contribution in [0.1, 0.15) is 19.0 Å². The molecule has 5 nitrogen and oxygen atoms in total. The average Bonchev–Trinajstić information content (AvgIpc) is 2.39. The fourth-order valence-corrected chi connectivity index (χ4v) is 2.87. The van der Waals surface area contributed by atoms with E-state index in [1.807, 2.05) is 6.92 Å². The molecule has 6 heteroatoms. The standard InChI is InChI=1S/C13H19N3O2S/c1-10-9-12(16-4-6-18-7-5-16)15-13(14-10)19-8-3-11(2)17/h9H,3-8H2,1-2H3/p+1. The molecule has 1 aliphatic heterocycles. The van der Waals surface area contributed by atoms with E-state index in [2.05, 4.69) is 20.9 Å². The third kappa shape index (κ3) is 4.47. The normalized spacial score (nSPS) is 15.6. The van der Waals surface area contributed by atoms with E-state index < -0.39 is 0 Å². The van der Waals surface area contributed by atoms with Gasteiger partial charge < -0.3 is 4.74 Å². The van der Waals surface area contributed by atoms with Crippen molar-refractivity contribution in [1.82, 2.24) is 4.98 Å². The zero-order valence-electron chi connectivity index (χ0n) is 11.4. The van der Waals surface area contributed by atoms with Crippen LogP contribution in [0.25, 0.3) is 0 Å². The fraction of sp³-hybridized carbons (Fsp3) is 0.615. The molecular formula is C13H20N3O2S+. The van der Waals surface area contributed by atoms with Gasteiger partial charge >= 0.3 is 0 Å². The summed E-state index contributed by atoms with van der Waals surface area (Å²) in [6, 6.07) is 2.06. The number of carbonyl (C=O) groups excluding carboxylic acids is 1. The van der Waals surface area contributed by atoms with Crippen molar-refractivity contribution in [2.45, 2.75) is 25.4 Å². The van der Waals surface area contributed by atoms with E-state index in [4.69, 9.17) is 4.74 Å². The number of H-pyrrole nitrogens is 1. The number of carbonyl (C=O) groups is 1. The molecule has 1 fully saturated rings. The quantitative estimate of drug-likeness (QED) is 0.598. The number of aromatic nitrogens is 2. The summed E-state index contributed by atoms with van der Waals surface area (Å²) >= 11 is 1.60. The summed E-state index contributed by atoms with van der Waals surface area (Å²) in [7, 11) is 0. The van der Waals surface area contributed by atoms with E-state index in [1.54, 1.807) is 18.7 Å². The number of nitrogens with zero attached hydrogens (tertiary/aromatic N) is 2. The summed E-state index contributed by atoms with van der Waals surface area (Å²) in [4.78, 5) is 21.0. The first-order valence-electron chi connectivity index (χ1n) is 6.51. The lowest BCUT2D eigenvalue weighted by molar-refractivity contribution is -0.420. The average molecular weight is 282 g/mol. The number of Topliss-reactive ketones (excluding diaryl/α,β-unsaturated/α-hetero) is 1. The van der Waals surface area contributed by atoms with Crippen molar-refractivity contribution in [3.8, 4) is 0 Å². The molecule has 1 aliphatic rings. The summed E-state index contributed by atoms with van der Waals surface area (Å²) in [5.41, 5.74) is 0.991. The van der Waals surface area contributed by atoms with Crippen LogP contribution < -0.4 is 9.88 Å². The summed E-state index contributed by atoms with van der Waals surface area (Å²) in [6.45, 7) is 6.94. The highest BCUT2D eigenvalue weighted by Crippen LogP contribution is 2.16. The van der Waals surface area contributed by atoms with Gasteiger partial charge in [0.25, 0.3) is 5.16 Å². The molecule has 2 rings (SSSR count). The Bertz CT molecular complexity index is 448. The molecule has 19 heavy (non-hydrogen) atoms. The second kappa shape index (κ2) is 6.86. The van der Waals surface area contributed by atoms with Crippen LogP contribution >= 0.6 is 11.8 Å². The Hall–Kier alpha value is -1.14. The number of thioether (sulfide) groups is 1. The largest absolute Gasteiger partial charge is 0.375 e. The summed E-state index contributed by atoms with van der Waals surface area (Å²) in [5, 5.41) is 0.878. The van der Waals surface area contributed by atoms with Gasteiger partial charge in [0.05, 0.1) is 26.3 Å². The molecule has 1 aromatic heterocycles. The number of ketones is 1. The molecule has 0 bridgehead atoms. The van der Waals surface area contributed by atoms with Crippen molar-refractivity contribution in [3.05, 3.63) is 11.8 Å². The summed E-state index contributed by atoms with van der Waals surface area (Å²) in [5.74, 6) is 2.07. The number of hydrogen-bond donors (Lipinski definition) is 0. The van der Waals surface area contributed by atoms with Gasteiger partial charge in [-0.3, -0.25) is 9.69 Å². The highest BCUT2D eigenvalue weighted by atomic mass is 32.2. The van der Waals surface area contributed by atoms with Crippen molar-refractivity contribution >= 4 is 23.4 Å². The minimum absolute atomic E-state index is 0.216. The van der Waals surface area contributed by atoms with E-state index >= 15 is 0 Å². The molecule has 0 atom stereocenters. The number of anilines is 1. The Morgan fingerprint density at radius 1 is 1.53 bits per heavy atom. The van der Waals surface area contributed by atoms with Crippen LogP contribution in [-0.4, -0.2) is 42.8 Å². The van der Waals surface area contributed by atoms with E-state index in [0.717, 1.165) is 48.7 Å². The monoisotopic (exact) mass is 282 g/mol. The predicted octanol–water partition coefficient (Wildman–Crippen LogP) is 1.11. The maximum absolute atomic E-state index is 10.9. The summed E-state index contributed by atoms with van der Waals surface area (Å²) in [6.07, 6.45) is 0.584. The van der Waals surface area contributed by atoms with E-state index in [-0.39, 0.29) is 5.78 Å². The van der Waals surface area contributed by atoms with Gasteiger partial charge in [-0.2, -0.15) is 0 Å². The van der Waals surface area contributed by atoms with E-state index in [0.29, 0.717) is 6.42 Å². The molecule has 0 radical (unpaired) electrons. The van der Waals surface area contributed by atoms with Crippen molar-refractivity contribution < 1.29 is 14.5 Å². The van der Waals surface area contributed by atoms with Crippen LogP contribution in [0.15, 0.2) is 11.2 Å². The lowest BCUT2D eigenvalue weighted by Crippen LogP contribution is -2.40. The number of hydrogen-bond acceptors (Lipinski definition) is 5. The predicted molar refractivity (Wildman–Crippen MR) is 74.6 cm³/mol. The second-order valence-corrected chi connectivity index (χ2v) is 5.70. The van der Waals surface area contributed by atoms with Crippen molar-refractivity contribution in [3.63, 3.8) is 0 Å². The van der Waals surface area contributed by atoms with Gasteiger partial charge in [-0.15, -0.1) is 4.98 Å².